The molecule has 1 saturated heterocycles. The molecule has 2 fully saturated rings. The Morgan fingerprint density at radius 3 is 3.00 bits per heavy atom. The topological polar surface area (TPSA) is 67.5 Å². The summed E-state index contributed by atoms with van der Waals surface area (Å²) in [4.78, 5) is 21.7. The largest absolute Gasteiger partial charge is 0.374 e. The van der Waals surface area contributed by atoms with Gasteiger partial charge in [0.25, 0.3) is 5.91 Å². The molecule has 0 aromatic carbocycles. The van der Waals surface area contributed by atoms with Gasteiger partial charge >= 0.3 is 0 Å². The molecule has 0 radical (unpaired) electrons. The minimum absolute atomic E-state index is 0.0462. The molecule has 6 heteroatoms. The maximum absolute atomic E-state index is 12.8. The smallest absolute Gasteiger partial charge is 0.255 e. The molecule has 3 atom stereocenters. The molecule has 1 amide bonds. The van der Waals surface area contributed by atoms with E-state index in [4.69, 9.17) is 9.47 Å². The van der Waals surface area contributed by atoms with E-state index in [0.29, 0.717) is 25.3 Å². The zero-order chi connectivity index (χ0) is 16.4. The minimum atomic E-state index is -0.0800. The van der Waals surface area contributed by atoms with Gasteiger partial charge in [-0.1, -0.05) is 0 Å². The fourth-order valence-electron chi connectivity index (χ4n) is 3.66. The van der Waals surface area contributed by atoms with Crippen molar-refractivity contribution < 1.29 is 14.3 Å². The molecule has 0 spiro atoms. The molecule has 1 N–H and O–H groups in total. The highest BCUT2D eigenvalue weighted by Gasteiger charge is 2.44. The van der Waals surface area contributed by atoms with Gasteiger partial charge in [0, 0.05) is 31.3 Å². The lowest BCUT2D eigenvalue weighted by Crippen LogP contribution is -2.46. The van der Waals surface area contributed by atoms with Crippen molar-refractivity contribution in [2.45, 2.75) is 37.7 Å². The van der Waals surface area contributed by atoms with Crippen LogP contribution in [0.1, 0.15) is 28.8 Å². The second-order valence-corrected chi connectivity index (χ2v) is 6.28. The van der Waals surface area contributed by atoms with E-state index in [1.54, 1.807) is 24.8 Å². The molecule has 4 rings (SSSR count). The first-order chi connectivity index (χ1) is 11.8. The second-order valence-electron chi connectivity index (χ2n) is 6.28. The first-order valence-electron chi connectivity index (χ1n) is 8.39. The lowest BCUT2D eigenvalue weighted by atomic mass is 10.1. The van der Waals surface area contributed by atoms with Crippen molar-refractivity contribution in [1.82, 2.24) is 14.9 Å². The monoisotopic (exact) mass is 327 g/mol. The Morgan fingerprint density at radius 1 is 1.33 bits per heavy atom. The van der Waals surface area contributed by atoms with Crippen LogP contribution in [0.25, 0.3) is 0 Å². The van der Waals surface area contributed by atoms with E-state index in [1.807, 2.05) is 23.1 Å². The van der Waals surface area contributed by atoms with Crippen molar-refractivity contribution >= 4 is 5.91 Å². The highest BCUT2D eigenvalue weighted by molar-refractivity contribution is 5.94. The van der Waals surface area contributed by atoms with Crippen LogP contribution in [0.3, 0.4) is 0 Å². The van der Waals surface area contributed by atoms with Gasteiger partial charge in [0.15, 0.2) is 0 Å². The van der Waals surface area contributed by atoms with Crippen molar-refractivity contribution in [3.8, 4) is 0 Å². The number of H-pyrrole nitrogens is 1. The summed E-state index contributed by atoms with van der Waals surface area (Å²) in [5.74, 6) is 0.0462. The Kier molecular flexibility index (Phi) is 4.32. The normalized spacial score (nSPS) is 26.3. The fourth-order valence-corrected chi connectivity index (χ4v) is 3.66. The number of rotatable bonds is 4. The van der Waals surface area contributed by atoms with Crippen LogP contribution in [0.4, 0.5) is 0 Å². The van der Waals surface area contributed by atoms with E-state index < -0.39 is 0 Å². The molecule has 126 valence electrons. The van der Waals surface area contributed by atoms with E-state index in [2.05, 4.69) is 9.97 Å². The summed E-state index contributed by atoms with van der Waals surface area (Å²) < 4.78 is 12.1. The van der Waals surface area contributed by atoms with Crippen molar-refractivity contribution in [1.29, 1.82) is 0 Å². The lowest BCUT2D eigenvalue weighted by Gasteiger charge is -2.31. The van der Waals surface area contributed by atoms with Crippen molar-refractivity contribution in [3.05, 3.63) is 54.1 Å². The average Bonchev–Trinajstić information content (AvgIpc) is 3.22. The quantitative estimate of drug-likeness (QED) is 0.933. The number of fused-ring (bicyclic) bond motifs is 2. The lowest BCUT2D eigenvalue weighted by molar-refractivity contribution is -0.0597. The van der Waals surface area contributed by atoms with Crippen LogP contribution in [-0.4, -0.2) is 52.2 Å². The summed E-state index contributed by atoms with van der Waals surface area (Å²) in [6.07, 6.45) is 8.88. The van der Waals surface area contributed by atoms with Gasteiger partial charge in [0.2, 0.25) is 0 Å². The number of nitrogens with one attached hydrogen (secondary N) is 1. The second kappa shape index (κ2) is 6.75. The molecule has 1 aliphatic carbocycles. The molecular formula is C18H21N3O3. The zero-order valence-electron chi connectivity index (χ0n) is 13.4. The van der Waals surface area contributed by atoms with Crippen LogP contribution in [0.2, 0.25) is 0 Å². The van der Waals surface area contributed by atoms with Crippen molar-refractivity contribution in [2.75, 3.05) is 13.2 Å². The molecule has 24 heavy (non-hydrogen) atoms. The summed E-state index contributed by atoms with van der Waals surface area (Å²) in [6.45, 7) is 1.68. The van der Waals surface area contributed by atoms with Crippen LogP contribution in [0.5, 0.6) is 0 Å². The summed E-state index contributed by atoms with van der Waals surface area (Å²) in [5, 5.41) is 0. The number of pyridine rings is 1. The predicted octanol–water partition coefficient (Wildman–Crippen LogP) is 2.00. The number of ether oxygens (including phenoxy) is 2. The summed E-state index contributed by atoms with van der Waals surface area (Å²) in [7, 11) is 0. The predicted molar refractivity (Wildman–Crippen MR) is 87.4 cm³/mol. The van der Waals surface area contributed by atoms with Crippen molar-refractivity contribution in [2.24, 2.45) is 0 Å². The van der Waals surface area contributed by atoms with Gasteiger partial charge in [-0.15, -0.1) is 0 Å². The number of hydrogen-bond acceptors (Lipinski definition) is 4. The number of hydrogen-bond donors (Lipinski definition) is 1. The minimum Gasteiger partial charge on any atom is -0.374 e. The fraction of sp³-hybridized carbons (Fsp3) is 0.444. The number of aromatic amines is 1. The van der Waals surface area contributed by atoms with E-state index in [0.717, 1.165) is 18.4 Å². The van der Waals surface area contributed by atoms with Crippen LogP contribution < -0.4 is 0 Å². The van der Waals surface area contributed by atoms with Crippen LogP contribution in [0, 0.1) is 0 Å². The molecule has 1 aliphatic heterocycles. The molecule has 6 nitrogen and oxygen atoms in total. The Balaban J connectivity index is 1.50. The molecule has 2 aliphatic rings. The number of amides is 1. The third kappa shape index (κ3) is 2.95. The van der Waals surface area contributed by atoms with Gasteiger partial charge < -0.3 is 19.4 Å². The Bertz CT molecular complexity index is 674. The summed E-state index contributed by atoms with van der Waals surface area (Å²) in [6, 6.07) is 5.78. The van der Waals surface area contributed by atoms with Gasteiger partial charge in [-0.2, -0.15) is 0 Å². The van der Waals surface area contributed by atoms with E-state index in [1.165, 1.54) is 0 Å². The first-order valence-corrected chi connectivity index (χ1v) is 8.39. The van der Waals surface area contributed by atoms with Gasteiger partial charge in [-0.3, -0.25) is 9.78 Å². The molecule has 2 aromatic rings. The molecule has 3 heterocycles. The highest BCUT2D eigenvalue weighted by Crippen LogP contribution is 2.33. The third-order valence-electron chi connectivity index (χ3n) is 4.85. The number of aromatic nitrogens is 2. The Morgan fingerprint density at radius 2 is 2.21 bits per heavy atom. The van der Waals surface area contributed by atoms with Crippen LogP contribution >= 0.6 is 0 Å². The van der Waals surface area contributed by atoms with Crippen molar-refractivity contribution in [3.63, 3.8) is 0 Å². The maximum atomic E-state index is 12.8. The average molecular weight is 327 g/mol. The molecular weight excluding hydrogens is 306 g/mol. The van der Waals surface area contributed by atoms with E-state index in [9.17, 15) is 4.79 Å². The Hall–Kier alpha value is -2.18. The van der Waals surface area contributed by atoms with Crippen LogP contribution in [0.15, 0.2) is 43.0 Å². The highest BCUT2D eigenvalue weighted by atomic mass is 16.5. The standard InChI is InChI=1S/C18H21N3O3/c22-18(14-5-8-20-11-14)21-9-10-23-16-2-1-15(21)17(16)24-12-13-3-6-19-7-4-13/h3-8,11,15-17,20H,1-2,9-10,12H2/t15-,16-,17+/m0/s1. The maximum Gasteiger partial charge on any atom is 0.255 e. The molecule has 2 aromatic heterocycles. The van der Waals surface area contributed by atoms with Gasteiger partial charge in [-0.25, -0.2) is 0 Å². The van der Waals surface area contributed by atoms with E-state index in [-0.39, 0.29) is 24.2 Å². The number of carbonyl (C=O) groups is 1. The van der Waals surface area contributed by atoms with Gasteiger partial charge in [0.05, 0.1) is 30.9 Å². The number of nitrogens with zero attached hydrogens (tertiary/aromatic N) is 2. The van der Waals surface area contributed by atoms with Gasteiger partial charge in [0.1, 0.15) is 6.10 Å². The molecule has 0 unspecified atom stereocenters. The third-order valence-corrected chi connectivity index (χ3v) is 4.85. The number of carbonyl (C=O) groups excluding carboxylic acids is 1. The molecule has 2 bridgehead atoms. The SMILES string of the molecule is O=C(c1cc[nH]c1)N1CCO[C@H]2CC[C@H]1[C@H]2OCc1ccncc1. The zero-order valence-corrected chi connectivity index (χ0v) is 13.4. The first kappa shape index (κ1) is 15.4. The summed E-state index contributed by atoms with van der Waals surface area (Å²) in [5.41, 5.74) is 1.77. The Labute approximate surface area is 140 Å². The van der Waals surface area contributed by atoms with Gasteiger partial charge in [-0.05, 0) is 36.6 Å². The molecule has 1 saturated carbocycles. The summed E-state index contributed by atoms with van der Waals surface area (Å²) >= 11 is 0. The van der Waals surface area contributed by atoms with E-state index >= 15 is 0 Å². The van der Waals surface area contributed by atoms with Crippen LogP contribution in [-0.2, 0) is 16.1 Å².